The second-order valence-corrected chi connectivity index (χ2v) is 3.82. The summed E-state index contributed by atoms with van der Waals surface area (Å²) >= 11 is 3.15. The first kappa shape index (κ1) is 10.3. The van der Waals surface area contributed by atoms with Gasteiger partial charge in [-0.15, -0.1) is 0 Å². The van der Waals surface area contributed by atoms with E-state index in [4.69, 9.17) is 7.98 Å². The number of piperidine rings is 1. The van der Waals surface area contributed by atoms with Gasteiger partial charge in [-0.05, 0) is 19.4 Å². The summed E-state index contributed by atoms with van der Waals surface area (Å²) in [6, 6.07) is 0.281. The standard InChI is InChI=1S/C8H13BBrNO/c9-11-4-2-1-3-7(11)5-8(12)6-10/h7H,1-6H2/t7-/m0/s1. The van der Waals surface area contributed by atoms with Gasteiger partial charge in [0, 0.05) is 12.5 Å². The zero-order chi connectivity index (χ0) is 8.97. The minimum absolute atomic E-state index is 0.248. The van der Waals surface area contributed by atoms with E-state index in [-0.39, 0.29) is 11.8 Å². The number of hydrogen-bond donors (Lipinski definition) is 0. The van der Waals surface area contributed by atoms with Gasteiger partial charge >= 0.3 is 0 Å². The van der Waals surface area contributed by atoms with Crippen molar-refractivity contribution in [1.82, 2.24) is 4.81 Å². The first-order chi connectivity index (χ1) is 5.74. The lowest BCUT2D eigenvalue weighted by molar-refractivity contribution is -0.117. The number of hydrogen-bond acceptors (Lipinski definition) is 2. The fourth-order valence-electron chi connectivity index (χ4n) is 1.56. The van der Waals surface area contributed by atoms with Gasteiger partial charge in [-0.3, -0.25) is 4.79 Å². The molecule has 1 aliphatic heterocycles. The molecule has 12 heavy (non-hydrogen) atoms. The van der Waals surface area contributed by atoms with E-state index in [0.717, 1.165) is 19.4 Å². The van der Waals surface area contributed by atoms with Crippen molar-refractivity contribution in [3.05, 3.63) is 0 Å². The van der Waals surface area contributed by atoms with E-state index < -0.39 is 0 Å². The number of carbonyl (C=O) groups is 1. The molecule has 1 rings (SSSR count). The molecule has 1 atom stereocenters. The molecular weight excluding hydrogens is 217 g/mol. The molecule has 1 fully saturated rings. The molecular formula is C8H13BBrNO. The van der Waals surface area contributed by atoms with Gasteiger partial charge in [0.2, 0.25) is 0 Å². The van der Waals surface area contributed by atoms with Crippen LogP contribution >= 0.6 is 15.9 Å². The van der Waals surface area contributed by atoms with Crippen LogP contribution in [0.1, 0.15) is 25.7 Å². The van der Waals surface area contributed by atoms with E-state index in [1.165, 1.54) is 6.42 Å². The fourth-order valence-corrected chi connectivity index (χ4v) is 1.79. The van der Waals surface area contributed by atoms with Gasteiger partial charge < -0.3 is 4.81 Å². The molecule has 0 saturated carbocycles. The number of Topliss-reactive ketones (excluding diaryl/α,β-unsaturated/α-hetero) is 1. The van der Waals surface area contributed by atoms with Crippen molar-refractivity contribution >= 4 is 29.7 Å². The number of carbonyl (C=O) groups excluding carboxylic acids is 1. The van der Waals surface area contributed by atoms with E-state index in [2.05, 4.69) is 15.9 Å². The minimum Gasteiger partial charge on any atom is -0.351 e. The second kappa shape index (κ2) is 5.02. The van der Waals surface area contributed by atoms with Crippen LogP contribution in [-0.4, -0.2) is 36.5 Å². The van der Waals surface area contributed by atoms with Crippen LogP contribution < -0.4 is 0 Å². The summed E-state index contributed by atoms with van der Waals surface area (Å²) in [4.78, 5) is 12.9. The minimum atomic E-state index is 0.248. The van der Waals surface area contributed by atoms with Gasteiger partial charge in [-0.25, -0.2) is 0 Å². The van der Waals surface area contributed by atoms with Crippen LogP contribution in [0, 0.1) is 0 Å². The monoisotopic (exact) mass is 229 g/mol. The van der Waals surface area contributed by atoms with Crippen LogP contribution in [0.25, 0.3) is 0 Å². The van der Waals surface area contributed by atoms with Crippen molar-refractivity contribution in [2.24, 2.45) is 0 Å². The summed E-state index contributed by atoms with van der Waals surface area (Å²) in [5, 5.41) is 0.456. The van der Waals surface area contributed by atoms with Crippen LogP contribution in [0.2, 0.25) is 0 Å². The van der Waals surface area contributed by atoms with Crippen molar-refractivity contribution in [2.45, 2.75) is 31.7 Å². The highest BCUT2D eigenvalue weighted by atomic mass is 79.9. The summed E-state index contributed by atoms with van der Waals surface area (Å²) in [7, 11) is 5.75. The summed E-state index contributed by atoms with van der Waals surface area (Å²) in [5.74, 6) is 0.248. The van der Waals surface area contributed by atoms with Crippen LogP contribution in [-0.2, 0) is 4.79 Å². The molecule has 0 aromatic rings. The van der Waals surface area contributed by atoms with Crippen molar-refractivity contribution in [3.8, 4) is 0 Å². The Morgan fingerprint density at radius 3 is 2.92 bits per heavy atom. The first-order valence-corrected chi connectivity index (χ1v) is 5.45. The normalized spacial score (nSPS) is 25.6. The lowest BCUT2D eigenvalue weighted by Crippen LogP contribution is -2.38. The highest BCUT2D eigenvalue weighted by Gasteiger charge is 2.20. The Kier molecular flexibility index (Phi) is 4.29. The maximum Gasteiger partial charge on any atom is 0.182 e. The summed E-state index contributed by atoms with van der Waals surface area (Å²) in [6.07, 6.45) is 4.03. The van der Waals surface area contributed by atoms with Crippen LogP contribution in [0.15, 0.2) is 0 Å². The number of nitrogens with zero attached hydrogens (tertiary/aromatic N) is 1. The van der Waals surface area contributed by atoms with Crippen molar-refractivity contribution in [3.63, 3.8) is 0 Å². The molecule has 0 aromatic heterocycles. The van der Waals surface area contributed by atoms with Crippen LogP contribution in [0.4, 0.5) is 0 Å². The van der Waals surface area contributed by atoms with E-state index in [0.29, 0.717) is 11.8 Å². The van der Waals surface area contributed by atoms with Gasteiger partial charge in [0.25, 0.3) is 0 Å². The van der Waals surface area contributed by atoms with E-state index in [9.17, 15) is 4.79 Å². The molecule has 0 bridgehead atoms. The number of halogens is 1. The molecule has 66 valence electrons. The molecule has 1 heterocycles. The quantitative estimate of drug-likeness (QED) is 0.537. The highest BCUT2D eigenvalue weighted by molar-refractivity contribution is 9.09. The molecule has 0 unspecified atom stereocenters. The van der Waals surface area contributed by atoms with Gasteiger partial charge in [-0.1, -0.05) is 22.4 Å². The summed E-state index contributed by atoms with van der Waals surface area (Å²) in [5.41, 5.74) is 0. The molecule has 0 aromatic carbocycles. The van der Waals surface area contributed by atoms with Gasteiger partial charge in [0.15, 0.2) is 7.98 Å². The lowest BCUT2D eigenvalue weighted by Gasteiger charge is -2.32. The van der Waals surface area contributed by atoms with Gasteiger partial charge in [-0.2, -0.15) is 0 Å². The number of rotatable bonds is 3. The topological polar surface area (TPSA) is 20.3 Å². The fraction of sp³-hybridized carbons (Fsp3) is 0.875. The average Bonchev–Trinajstić information content (AvgIpc) is 2.09. The Hall–Kier alpha value is 0.175. The SMILES string of the molecule is [B]N1CCCC[C@H]1CC(=O)CBr. The van der Waals surface area contributed by atoms with Crippen LogP contribution in [0.3, 0.4) is 0 Å². The van der Waals surface area contributed by atoms with Crippen molar-refractivity contribution in [2.75, 3.05) is 11.9 Å². The maximum absolute atomic E-state index is 11.1. The summed E-state index contributed by atoms with van der Waals surface area (Å²) in [6.45, 7) is 0.931. The van der Waals surface area contributed by atoms with Crippen LogP contribution in [0.5, 0.6) is 0 Å². The smallest absolute Gasteiger partial charge is 0.182 e. The molecule has 0 aliphatic carbocycles. The molecule has 0 amide bonds. The van der Waals surface area contributed by atoms with Gasteiger partial charge in [0.05, 0.1) is 5.33 Å². The molecule has 2 radical (unpaired) electrons. The number of ketones is 1. The highest BCUT2D eigenvalue weighted by Crippen LogP contribution is 2.17. The zero-order valence-electron chi connectivity index (χ0n) is 7.13. The van der Waals surface area contributed by atoms with E-state index in [1.807, 2.05) is 4.81 Å². The largest absolute Gasteiger partial charge is 0.351 e. The van der Waals surface area contributed by atoms with Crippen molar-refractivity contribution in [1.29, 1.82) is 0 Å². The Bertz CT molecular complexity index is 165. The lowest BCUT2D eigenvalue weighted by atomic mass is 9.95. The third-order valence-corrected chi connectivity index (χ3v) is 2.91. The first-order valence-electron chi connectivity index (χ1n) is 4.33. The molecule has 4 heteroatoms. The predicted molar refractivity (Wildman–Crippen MR) is 53.5 cm³/mol. The molecule has 0 spiro atoms. The Labute approximate surface area is 83.3 Å². The molecule has 1 aliphatic rings. The molecule has 2 nitrogen and oxygen atoms in total. The third-order valence-electron chi connectivity index (χ3n) is 2.29. The zero-order valence-corrected chi connectivity index (χ0v) is 8.72. The Morgan fingerprint density at radius 1 is 1.58 bits per heavy atom. The van der Waals surface area contributed by atoms with Crippen molar-refractivity contribution < 1.29 is 4.79 Å². The summed E-state index contributed by atoms with van der Waals surface area (Å²) < 4.78 is 0. The molecule has 1 saturated heterocycles. The predicted octanol–water partition coefficient (Wildman–Crippen LogP) is 1.28. The van der Waals surface area contributed by atoms with E-state index in [1.54, 1.807) is 0 Å². The maximum atomic E-state index is 11.1. The second-order valence-electron chi connectivity index (χ2n) is 3.26. The molecule has 0 N–H and O–H groups in total. The average molecular weight is 230 g/mol. The number of alkyl halides is 1. The third kappa shape index (κ3) is 2.90. The Balaban J connectivity index is 2.33. The Morgan fingerprint density at radius 2 is 2.33 bits per heavy atom. The van der Waals surface area contributed by atoms with Gasteiger partial charge in [0.1, 0.15) is 5.78 Å². The van der Waals surface area contributed by atoms with E-state index >= 15 is 0 Å².